The molecular weight excluding hydrogens is 441 g/mol. The molecule has 0 radical (unpaired) electrons. The van der Waals surface area contributed by atoms with Crippen molar-refractivity contribution < 1.29 is 22.8 Å². The Morgan fingerprint density at radius 1 is 0.971 bits per heavy atom. The number of benzene rings is 3. The van der Waals surface area contributed by atoms with E-state index in [2.05, 4.69) is 5.32 Å². The number of nitrogens with one attached hydrogen (secondary N) is 1. The second-order valence-corrected chi connectivity index (χ2v) is 8.68. The normalized spacial score (nSPS) is 19.2. The fourth-order valence-corrected chi connectivity index (χ4v) is 4.49. The van der Waals surface area contributed by atoms with Crippen LogP contribution in [0.5, 0.6) is 0 Å². The Kier molecular flexibility index (Phi) is 6.46. The second-order valence-electron chi connectivity index (χ2n) is 8.68. The first-order valence-corrected chi connectivity index (χ1v) is 11.1. The van der Waals surface area contributed by atoms with Crippen molar-refractivity contribution in [3.05, 3.63) is 102 Å². The van der Waals surface area contributed by atoms with Gasteiger partial charge in [0.1, 0.15) is 5.54 Å². The van der Waals surface area contributed by atoms with Crippen molar-refractivity contribution in [3.63, 3.8) is 0 Å². The summed E-state index contributed by atoms with van der Waals surface area (Å²) in [6, 6.07) is 23.2. The molecule has 4 rings (SSSR count). The van der Waals surface area contributed by atoms with Gasteiger partial charge in [-0.25, -0.2) is 0 Å². The van der Waals surface area contributed by atoms with Gasteiger partial charge in [-0.15, -0.1) is 0 Å². The van der Waals surface area contributed by atoms with Crippen molar-refractivity contribution in [2.24, 2.45) is 0 Å². The highest BCUT2D eigenvalue weighted by atomic mass is 19.4. The van der Waals surface area contributed by atoms with Crippen molar-refractivity contribution in [1.29, 1.82) is 0 Å². The van der Waals surface area contributed by atoms with Gasteiger partial charge in [0.2, 0.25) is 11.8 Å². The molecule has 1 aliphatic heterocycles. The lowest BCUT2D eigenvalue weighted by molar-refractivity contribution is -0.141. The number of nitrogens with zero attached hydrogens (tertiary/aromatic N) is 1. The predicted octanol–water partition coefficient (Wildman–Crippen LogP) is 6.01. The quantitative estimate of drug-likeness (QED) is 0.484. The lowest BCUT2D eigenvalue weighted by Crippen LogP contribution is -2.53. The van der Waals surface area contributed by atoms with Gasteiger partial charge in [-0.3, -0.25) is 9.59 Å². The molecule has 0 aliphatic carbocycles. The van der Waals surface area contributed by atoms with Crippen LogP contribution in [0.2, 0.25) is 0 Å². The van der Waals surface area contributed by atoms with Crippen LogP contribution < -0.4 is 5.32 Å². The Balaban J connectivity index is 1.64. The van der Waals surface area contributed by atoms with E-state index in [1.54, 1.807) is 11.8 Å². The molecule has 176 valence electrons. The Morgan fingerprint density at radius 2 is 1.56 bits per heavy atom. The molecule has 4 nitrogen and oxygen atoms in total. The minimum Gasteiger partial charge on any atom is -0.324 e. The molecule has 1 aliphatic rings. The molecule has 1 fully saturated rings. The zero-order valence-electron chi connectivity index (χ0n) is 18.7. The third-order valence-corrected chi connectivity index (χ3v) is 6.35. The SMILES string of the molecule is CC1(C(=O)Nc2ccc(C(F)(F)F)cc2)CCC(=O)N1C(Cc1ccccc1)c1ccccc1. The molecule has 2 atom stereocenters. The molecular formula is C27H25F3N2O2. The lowest BCUT2D eigenvalue weighted by atomic mass is 9.91. The van der Waals surface area contributed by atoms with E-state index in [1.807, 2.05) is 60.7 Å². The first-order chi connectivity index (χ1) is 16.2. The topological polar surface area (TPSA) is 49.4 Å². The molecule has 0 spiro atoms. The van der Waals surface area contributed by atoms with Crippen LogP contribution in [-0.4, -0.2) is 22.3 Å². The van der Waals surface area contributed by atoms with E-state index in [0.29, 0.717) is 12.8 Å². The monoisotopic (exact) mass is 466 g/mol. The number of anilines is 1. The summed E-state index contributed by atoms with van der Waals surface area (Å²) < 4.78 is 38.6. The van der Waals surface area contributed by atoms with Crippen molar-refractivity contribution in [2.45, 2.75) is 43.9 Å². The van der Waals surface area contributed by atoms with Crippen LogP contribution in [0.4, 0.5) is 18.9 Å². The van der Waals surface area contributed by atoms with Gasteiger partial charge in [0.25, 0.3) is 0 Å². The smallest absolute Gasteiger partial charge is 0.324 e. The van der Waals surface area contributed by atoms with E-state index in [-0.39, 0.29) is 24.1 Å². The van der Waals surface area contributed by atoms with Gasteiger partial charge in [-0.05, 0) is 55.2 Å². The molecule has 7 heteroatoms. The van der Waals surface area contributed by atoms with Gasteiger partial charge in [-0.1, -0.05) is 60.7 Å². The largest absolute Gasteiger partial charge is 0.416 e. The first kappa shape index (κ1) is 23.5. The fraction of sp³-hybridized carbons (Fsp3) is 0.259. The van der Waals surface area contributed by atoms with E-state index >= 15 is 0 Å². The van der Waals surface area contributed by atoms with Crippen LogP contribution >= 0.6 is 0 Å². The number of hydrogen-bond acceptors (Lipinski definition) is 2. The number of carbonyl (C=O) groups excluding carboxylic acids is 2. The molecule has 1 saturated heterocycles. The highest BCUT2D eigenvalue weighted by Gasteiger charge is 2.50. The molecule has 3 aromatic rings. The maximum atomic E-state index is 13.4. The third-order valence-electron chi connectivity index (χ3n) is 6.35. The van der Waals surface area contributed by atoms with Crippen molar-refractivity contribution >= 4 is 17.5 Å². The van der Waals surface area contributed by atoms with Gasteiger partial charge in [0.05, 0.1) is 11.6 Å². The molecule has 0 saturated carbocycles. The summed E-state index contributed by atoms with van der Waals surface area (Å²) in [4.78, 5) is 28.2. The predicted molar refractivity (Wildman–Crippen MR) is 124 cm³/mol. The summed E-state index contributed by atoms with van der Waals surface area (Å²) in [7, 11) is 0. The van der Waals surface area contributed by atoms with Crippen LogP contribution in [0, 0.1) is 0 Å². The molecule has 2 amide bonds. The van der Waals surface area contributed by atoms with E-state index in [4.69, 9.17) is 0 Å². The number of carbonyl (C=O) groups is 2. The summed E-state index contributed by atoms with van der Waals surface area (Å²) in [5.41, 5.74) is 0.241. The Labute approximate surface area is 196 Å². The van der Waals surface area contributed by atoms with E-state index < -0.39 is 23.2 Å². The second kappa shape index (κ2) is 9.33. The molecule has 34 heavy (non-hydrogen) atoms. The van der Waals surface area contributed by atoms with Crippen LogP contribution in [0.25, 0.3) is 0 Å². The average molecular weight is 467 g/mol. The summed E-state index contributed by atoms with van der Waals surface area (Å²) in [6.07, 6.45) is -3.39. The summed E-state index contributed by atoms with van der Waals surface area (Å²) >= 11 is 0. The van der Waals surface area contributed by atoms with Gasteiger partial charge >= 0.3 is 6.18 Å². The number of amides is 2. The van der Waals surface area contributed by atoms with Gasteiger partial charge < -0.3 is 10.2 Å². The summed E-state index contributed by atoms with van der Waals surface area (Å²) in [6.45, 7) is 1.72. The maximum absolute atomic E-state index is 13.4. The van der Waals surface area contributed by atoms with E-state index in [9.17, 15) is 22.8 Å². The fourth-order valence-electron chi connectivity index (χ4n) is 4.49. The van der Waals surface area contributed by atoms with Crippen LogP contribution in [0.3, 0.4) is 0 Å². The highest BCUT2D eigenvalue weighted by Crippen LogP contribution is 2.40. The number of likely N-dealkylation sites (tertiary alicyclic amines) is 1. The molecule has 1 N–H and O–H groups in total. The van der Waals surface area contributed by atoms with Crippen LogP contribution in [-0.2, 0) is 22.2 Å². The molecule has 0 aromatic heterocycles. The number of alkyl halides is 3. The molecule has 3 aromatic carbocycles. The number of halogens is 3. The average Bonchev–Trinajstić information content (AvgIpc) is 3.14. The van der Waals surface area contributed by atoms with Gasteiger partial charge in [0, 0.05) is 12.1 Å². The van der Waals surface area contributed by atoms with Crippen molar-refractivity contribution in [2.75, 3.05) is 5.32 Å². The Morgan fingerprint density at radius 3 is 2.15 bits per heavy atom. The molecule has 0 bridgehead atoms. The van der Waals surface area contributed by atoms with Gasteiger partial charge in [0.15, 0.2) is 0 Å². The highest BCUT2D eigenvalue weighted by molar-refractivity contribution is 6.02. The third kappa shape index (κ3) is 4.83. The standard InChI is InChI=1S/C27H25F3N2O2/c1-26(25(34)31-22-14-12-21(13-15-22)27(28,29)30)17-16-24(33)32(26)23(20-10-6-3-7-11-20)18-19-8-4-2-5-9-19/h2-15,23H,16-18H2,1H3,(H,31,34). The van der Waals surface area contributed by atoms with Crippen molar-refractivity contribution in [1.82, 2.24) is 4.90 Å². The summed E-state index contributed by atoms with van der Waals surface area (Å²) in [5, 5.41) is 2.72. The molecule has 2 unspecified atom stereocenters. The Hall–Kier alpha value is -3.61. The Bertz CT molecular complexity index is 1150. The summed E-state index contributed by atoms with van der Waals surface area (Å²) in [5.74, 6) is -0.554. The van der Waals surface area contributed by atoms with E-state index in [1.165, 1.54) is 12.1 Å². The zero-order valence-corrected chi connectivity index (χ0v) is 18.7. The number of hydrogen-bond donors (Lipinski definition) is 1. The van der Waals surface area contributed by atoms with Crippen LogP contribution in [0.15, 0.2) is 84.9 Å². The minimum atomic E-state index is -4.45. The van der Waals surface area contributed by atoms with E-state index in [0.717, 1.165) is 23.3 Å². The van der Waals surface area contributed by atoms with Crippen molar-refractivity contribution in [3.8, 4) is 0 Å². The zero-order chi connectivity index (χ0) is 24.3. The maximum Gasteiger partial charge on any atom is 0.416 e. The van der Waals surface area contributed by atoms with Crippen LogP contribution in [0.1, 0.15) is 42.5 Å². The molecule has 1 heterocycles. The minimum absolute atomic E-state index is 0.130. The number of rotatable bonds is 6. The van der Waals surface area contributed by atoms with Gasteiger partial charge in [-0.2, -0.15) is 13.2 Å². The lowest BCUT2D eigenvalue weighted by Gasteiger charge is -2.40. The first-order valence-electron chi connectivity index (χ1n) is 11.1.